The molecule has 3 atom stereocenters. The Labute approximate surface area is 115 Å². The van der Waals surface area contributed by atoms with Crippen LogP contribution in [0.3, 0.4) is 0 Å². The van der Waals surface area contributed by atoms with E-state index in [-0.39, 0.29) is 17.5 Å². The molecule has 4 heteroatoms. The van der Waals surface area contributed by atoms with E-state index in [1.165, 1.54) is 12.2 Å². The van der Waals surface area contributed by atoms with Gasteiger partial charge in [-0.1, -0.05) is 24.6 Å². The molecule has 19 heavy (non-hydrogen) atoms. The maximum absolute atomic E-state index is 12.3. The van der Waals surface area contributed by atoms with Gasteiger partial charge in [-0.25, -0.2) is 0 Å². The number of carbonyl (C=O) groups is 1. The quantitative estimate of drug-likeness (QED) is 0.920. The highest BCUT2D eigenvalue weighted by Crippen LogP contribution is 2.29. The molecule has 1 N–H and O–H groups in total. The zero-order chi connectivity index (χ0) is 14.0. The van der Waals surface area contributed by atoms with Gasteiger partial charge in [-0.05, 0) is 37.1 Å². The summed E-state index contributed by atoms with van der Waals surface area (Å²) in [5, 5.41) is 10.5. The number of allylic oxidation sites excluding steroid dienone is 1. The van der Waals surface area contributed by atoms with Gasteiger partial charge in [0.05, 0.1) is 22.2 Å². The second kappa shape index (κ2) is 5.39. The molecule has 0 amide bonds. The molecule has 1 unspecified atom stereocenters. The molecule has 0 aliphatic heterocycles. The summed E-state index contributed by atoms with van der Waals surface area (Å²) >= 11 is 0. The first-order valence-electron chi connectivity index (χ1n) is 6.30. The molecular weight excluding hydrogens is 260 g/mol. The van der Waals surface area contributed by atoms with Crippen LogP contribution in [0.15, 0.2) is 41.3 Å². The molecule has 1 aliphatic rings. The van der Waals surface area contributed by atoms with Crippen LogP contribution in [-0.2, 0) is 15.6 Å². The van der Waals surface area contributed by atoms with Crippen molar-refractivity contribution < 1.29 is 14.1 Å². The molecule has 0 radical (unpaired) electrons. The lowest BCUT2D eigenvalue weighted by molar-refractivity contribution is -0.118. The minimum Gasteiger partial charge on any atom is -0.385 e. The minimum atomic E-state index is -1.27. The van der Waals surface area contributed by atoms with Crippen LogP contribution in [0.1, 0.15) is 18.9 Å². The standard InChI is InChI=1S/C15H18O3S/c1-11-3-5-14(6-4-11)19(18)10-15(17)8-7-13(16)9-12(15)2/h3-8,12,17H,9-10H2,1-2H3/t12-,15?,19+/m1/s1. The van der Waals surface area contributed by atoms with E-state index < -0.39 is 16.4 Å². The van der Waals surface area contributed by atoms with Crippen molar-refractivity contribution in [2.24, 2.45) is 5.92 Å². The summed E-state index contributed by atoms with van der Waals surface area (Å²) in [5.41, 5.74) is -0.0556. The third-order valence-electron chi connectivity index (χ3n) is 3.56. The van der Waals surface area contributed by atoms with Crippen molar-refractivity contribution in [3.05, 3.63) is 42.0 Å². The van der Waals surface area contributed by atoms with Crippen molar-refractivity contribution in [1.82, 2.24) is 0 Å². The van der Waals surface area contributed by atoms with Gasteiger partial charge in [0.1, 0.15) is 0 Å². The number of benzene rings is 1. The maximum Gasteiger partial charge on any atom is 0.155 e. The molecule has 1 aliphatic carbocycles. The lowest BCUT2D eigenvalue weighted by atomic mass is 9.82. The molecule has 0 spiro atoms. The fraction of sp³-hybridized carbons (Fsp3) is 0.400. The van der Waals surface area contributed by atoms with E-state index in [4.69, 9.17) is 0 Å². The first kappa shape index (κ1) is 14.2. The van der Waals surface area contributed by atoms with E-state index in [1.54, 1.807) is 0 Å². The van der Waals surface area contributed by atoms with E-state index in [2.05, 4.69) is 0 Å². The largest absolute Gasteiger partial charge is 0.385 e. The Morgan fingerprint density at radius 1 is 1.37 bits per heavy atom. The van der Waals surface area contributed by atoms with Crippen molar-refractivity contribution in [1.29, 1.82) is 0 Å². The lowest BCUT2D eigenvalue weighted by Crippen LogP contribution is -2.43. The number of aliphatic hydroxyl groups is 1. The molecule has 0 saturated heterocycles. The molecule has 0 fully saturated rings. The monoisotopic (exact) mass is 278 g/mol. The lowest BCUT2D eigenvalue weighted by Gasteiger charge is -2.33. The molecule has 0 bridgehead atoms. The van der Waals surface area contributed by atoms with Gasteiger partial charge in [0.25, 0.3) is 0 Å². The summed E-state index contributed by atoms with van der Waals surface area (Å²) in [5.74, 6) is -0.0706. The van der Waals surface area contributed by atoms with Gasteiger partial charge in [-0.2, -0.15) is 0 Å². The van der Waals surface area contributed by atoms with Crippen molar-refractivity contribution in [2.45, 2.75) is 30.8 Å². The molecule has 2 rings (SSSR count). The van der Waals surface area contributed by atoms with Gasteiger partial charge in [-0.3, -0.25) is 9.00 Å². The minimum absolute atomic E-state index is 0.0123. The molecule has 1 aromatic carbocycles. The van der Waals surface area contributed by atoms with Crippen LogP contribution in [0.25, 0.3) is 0 Å². The number of aryl methyl sites for hydroxylation is 1. The fourth-order valence-corrected chi connectivity index (χ4v) is 3.53. The second-order valence-electron chi connectivity index (χ2n) is 5.20. The molecule has 102 valence electrons. The van der Waals surface area contributed by atoms with E-state index in [1.807, 2.05) is 38.1 Å². The molecule has 1 aromatic rings. The van der Waals surface area contributed by atoms with Gasteiger partial charge in [-0.15, -0.1) is 0 Å². The number of rotatable bonds is 3. The second-order valence-corrected chi connectivity index (χ2v) is 6.65. The Morgan fingerprint density at radius 3 is 2.58 bits per heavy atom. The predicted molar refractivity (Wildman–Crippen MR) is 75.3 cm³/mol. The normalized spacial score (nSPS) is 28.4. The van der Waals surface area contributed by atoms with Crippen LogP contribution in [0.4, 0.5) is 0 Å². The topological polar surface area (TPSA) is 54.4 Å². The third kappa shape index (κ3) is 3.19. The Hall–Kier alpha value is -1.26. The average Bonchev–Trinajstić information content (AvgIpc) is 2.35. The summed E-state index contributed by atoms with van der Waals surface area (Å²) < 4.78 is 12.3. The smallest absolute Gasteiger partial charge is 0.155 e. The first-order chi connectivity index (χ1) is 8.90. The maximum atomic E-state index is 12.3. The van der Waals surface area contributed by atoms with E-state index in [9.17, 15) is 14.1 Å². The molecule has 0 saturated carbocycles. The summed E-state index contributed by atoms with van der Waals surface area (Å²) in [6.07, 6.45) is 3.19. The fourth-order valence-electron chi connectivity index (χ4n) is 2.12. The van der Waals surface area contributed by atoms with Crippen molar-refractivity contribution in [3.63, 3.8) is 0 Å². The van der Waals surface area contributed by atoms with Gasteiger partial charge in [0, 0.05) is 11.3 Å². The van der Waals surface area contributed by atoms with Gasteiger partial charge in [0.2, 0.25) is 0 Å². The zero-order valence-electron chi connectivity index (χ0n) is 11.1. The van der Waals surface area contributed by atoms with Gasteiger partial charge >= 0.3 is 0 Å². The Morgan fingerprint density at radius 2 is 2.00 bits per heavy atom. The Bertz CT molecular complexity index is 533. The van der Waals surface area contributed by atoms with Gasteiger partial charge < -0.3 is 5.11 Å². The molecule has 0 heterocycles. The highest BCUT2D eigenvalue weighted by atomic mass is 32.2. The Kier molecular flexibility index (Phi) is 4.02. The van der Waals surface area contributed by atoms with Crippen LogP contribution in [0.5, 0.6) is 0 Å². The average molecular weight is 278 g/mol. The van der Waals surface area contributed by atoms with Crippen LogP contribution in [0.2, 0.25) is 0 Å². The van der Waals surface area contributed by atoms with Crippen LogP contribution >= 0.6 is 0 Å². The third-order valence-corrected chi connectivity index (χ3v) is 5.09. The van der Waals surface area contributed by atoms with Gasteiger partial charge in [0.15, 0.2) is 5.78 Å². The Balaban J connectivity index is 2.16. The number of carbonyl (C=O) groups excluding carboxylic acids is 1. The predicted octanol–water partition coefficient (Wildman–Crippen LogP) is 2.00. The van der Waals surface area contributed by atoms with E-state index in [0.29, 0.717) is 11.3 Å². The number of hydrogen-bond acceptors (Lipinski definition) is 3. The van der Waals surface area contributed by atoms with E-state index in [0.717, 1.165) is 5.56 Å². The van der Waals surface area contributed by atoms with Crippen molar-refractivity contribution >= 4 is 16.6 Å². The molecule has 3 nitrogen and oxygen atoms in total. The SMILES string of the molecule is Cc1ccc([S@@](=O)CC2(O)C=CC(=O)C[C@H]2C)cc1. The summed E-state index contributed by atoms with van der Waals surface area (Å²) in [6.45, 7) is 3.78. The summed E-state index contributed by atoms with van der Waals surface area (Å²) in [7, 11) is -1.27. The van der Waals surface area contributed by atoms with Crippen LogP contribution in [0, 0.1) is 12.8 Å². The summed E-state index contributed by atoms with van der Waals surface area (Å²) in [6, 6.07) is 7.44. The molecular formula is C15H18O3S. The zero-order valence-corrected chi connectivity index (χ0v) is 11.9. The number of ketones is 1. The summed E-state index contributed by atoms with van der Waals surface area (Å²) in [4.78, 5) is 12.0. The van der Waals surface area contributed by atoms with E-state index >= 15 is 0 Å². The highest BCUT2D eigenvalue weighted by molar-refractivity contribution is 7.85. The van der Waals surface area contributed by atoms with Crippen molar-refractivity contribution in [3.8, 4) is 0 Å². The molecule has 0 aromatic heterocycles. The first-order valence-corrected chi connectivity index (χ1v) is 7.62. The highest BCUT2D eigenvalue weighted by Gasteiger charge is 2.37. The number of hydrogen-bond donors (Lipinski definition) is 1. The van der Waals surface area contributed by atoms with Crippen LogP contribution in [-0.4, -0.2) is 26.5 Å². The van der Waals surface area contributed by atoms with Crippen molar-refractivity contribution in [2.75, 3.05) is 5.75 Å². The van der Waals surface area contributed by atoms with Crippen LogP contribution < -0.4 is 0 Å².